The quantitative estimate of drug-likeness (QED) is 0.585. The fourth-order valence-electron chi connectivity index (χ4n) is 1.70. The minimum absolute atomic E-state index is 0.0947. The fraction of sp³-hybridized carbons (Fsp3) is 0.583. The topological polar surface area (TPSA) is 27.1 Å². The SMILES string of the molecule is ClCCC#Cc1cnn([C@@H]2CCCCO2)c1. The minimum Gasteiger partial charge on any atom is -0.357 e. The van der Waals surface area contributed by atoms with E-state index in [0.717, 1.165) is 25.0 Å². The third-order valence-electron chi connectivity index (χ3n) is 2.50. The maximum absolute atomic E-state index is 5.63. The van der Waals surface area contributed by atoms with Crippen molar-refractivity contribution in [3.05, 3.63) is 18.0 Å². The number of hydrogen-bond acceptors (Lipinski definition) is 2. The van der Waals surface area contributed by atoms with Crippen LogP contribution in [-0.2, 0) is 4.74 Å². The molecule has 1 atom stereocenters. The van der Waals surface area contributed by atoms with E-state index in [1.807, 2.05) is 10.9 Å². The Hall–Kier alpha value is -0.980. The monoisotopic (exact) mass is 238 g/mol. The van der Waals surface area contributed by atoms with Crippen molar-refractivity contribution in [3.63, 3.8) is 0 Å². The molecule has 1 aliphatic rings. The van der Waals surface area contributed by atoms with Gasteiger partial charge in [-0.2, -0.15) is 5.10 Å². The zero-order valence-electron chi connectivity index (χ0n) is 9.16. The molecule has 0 aliphatic carbocycles. The summed E-state index contributed by atoms with van der Waals surface area (Å²) in [5.74, 6) is 6.60. The zero-order chi connectivity index (χ0) is 11.2. The molecule has 0 spiro atoms. The first-order valence-electron chi connectivity index (χ1n) is 5.61. The highest BCUT2D eigenvalue weighted by Gasteiger charge is 2.15. The predicted molar refractivity (Wildman–Crippen MR) is 63.3 cm³/mol. The van der Waals surface area contributed by atoms with E-state index in [1.165, 1.54) is 6.42 Å². The van der Waals surface area contributed by atoms with Gasteiger partial charge in [-0.3, -0.25) is 0 Å². The van der Waals surface area contributed by atoms with Gasteiger partial charge in [0.05, 0.1) is 11.8 Å². The number of alkyl halides is 1. The van der Waals surface area contributed by atoms with E-state index in [4.69, 9.17) is 16.3 Å². The number of halogens is 1. The van der Waals surface area contributed by atoms with Crippen molar-refractivity contribution in [3.8, 4) is 11.8 Å². The summed E-state index contributed by atoms with van der Waals surface area (Å²) >= 11 is 5.55. The first-order valence-corrected chi connectivity index (χ1v) is 6.14. The highest BCUT2D eigenvalue weighted by Crippen LogP contribution is 2.21. The lowest BCUT2D eigenvalue weighted by atomic mass is 10.2. The molecule has 0 radical (unpaired) electrons. The average Bonchev–Trinajstić information content (AvgIpc) is 2.79. The van der Waals surface area contributed by atoms with Crippen LogP contribution >= 0.6 is 11.6 Å². The summed E-state index contributed by atoms with van der Waals surface area (Å²) in [6.45, 7) is 0.831. The molecule has 1 saturated heterocycles. The van der Waals surface area contributed by atoms with Crippen LogP contribution in [0.25, 0.3) is 0 Å². The lowest BCUT2D eigenvalue weighted by Gasteiger charge is -2.22. The van der Waals surface area contributed by atoms with E-state index in [-0.39, 0.29) is 6.23 Å². The number of rotatable bonds is 2. The molecule has 3 nitrogen and oxygen atoms in total. The van der Waals surface area contributed by atoms with E-state index in [1.54, 1.807) is 6.20 Å². The molecular formula is C12H15ClN2O. The number of nitrogens with zero attached hydrogens (tertiary/aromatic N) is 2. The van der Waals surface area contributed by atoms with Crippen molar-refractivity contribution in [2.24, 2.45) is 0 Å². The molecular weight excluding hydrogens is 224 g/mol. The Balaban J connectivity index is 1.99. The molecule has 0 bridgehead atoms. The Morgan fingerprint density at radius 3 is 3.25 bits per heavy atom. The normalized spacial score (nSPS) is 20.2. The summed E-state index contributed by atoms with van der Waals surface area (Å²) in [5, 5.41) is 4.27. The first-order chi connectivity index (χ1) is 7.90. The second-order valence-corrected chi connectivity index (χ2v) is 4.15. The summed E-state index contributed by atoms with van der Waals surface area (Å²) < 4.78 is 7.50. The largest absolute Gasteiger partial charge is 0.357 e. The molecule has 0 amide bonds. The van der Waals surface area contributed by atoms with Crippen molar-refractivity contribution in [1.82, 2.24) is 9.78 Å². The molecule has 1 aromatic heterocycles. The van der Waals surface area contributed by atoms with Gasteiger partial charge < -0.3 is 4.74 Å². The lowest BCUT2D eigenvalue weighted by Crippen LogP contribution is -2.18. The molecule has 1 aliphatic heterocycles. The highest BCUT2D eigenvalue weighted by atomic mass is 35.5. The molecule has 2 rings (SSSR count). The van der Waals surface area contributed by atoms with Crippen LogP contribution < -0.4 is 0 Å². The van der Waals surface area contributed by atoms with Gasteiger partial charge in [-0.15, -0.1) is 11.6 Å². The average molecular weight is 239 g/mol. The smallest absolute Gasteiger partial charge is 0.150 e. The third kappa shape index (κ3) is 3.01. The van der Waals surface area contributed by atoms with Gasteiger partial charge in [-0.25, -0.2) is 4.68 Å². The van der Waals surface area contributed by atoms with Gasteiger partial charge in [0, 0.05) is 25.1 Å². The van der Waals surface area contributed by atoms with Crippen LogP contribution in [0.4, 0.5) is 0 Å². The van der Waals surface area contributed by atoms with Gasteiger partial charge >= 0.3 is 0 Å². The molecule has 0 aromatic carbocycles. The van der Waals surface area contributed by atoms with Gasteiger partial charge in [-0.05, 0) is 19.3 Å². The van der Waals surface area contributed by atoms with Gasteiger partial charge in [0.2, 0.25) is 0 Å². The number of ether oxygens (including phenoxy) is 1. The minimum atomic E-state index is 0.0947. The maximum atomic E-state index is 5.63. The molecule has 2 heterocycles. The van der Waals surface area contributed by atoms with Crippen LogP contribution in [0.5, 0.6) is 0 Å². The van der Waals surface area contributed by atoms with E-state index < -0.39 is 0 Å². The molecule has 0 saturated carbocycles. The summed E-state index contributed by atoms with van der Waals surface area (Å²) in [5.41, 5.74) is 0.930. The Morgan fingerprint density at radius 2 is 2.50 bits per heavy atom. The van der Waals surface area contributed by atoms with Crippen LogP contribution in [0.1, 0.15) is 37.5 Å². The van der Waals surface area contributed by atoms with Gasteiger partial charge in [0.25, 0.3) is 0 Å². The predicted octanol–water partition coefficient (Wildman–Crippen LogP) is 2.56. The van der Waals surface area contributed by atoms with Gasteiger partial charge in [0.1, 0.15) is 6.23 Å². The maximum Gasteiger partial charge on any atom is 0.150 e. The van der Waals surface area contributed by atoms with Gasteiger partial charge in [0.15, 0.2) is 0 Å². The van der Waals surface area contributed by atoms with Gasteiger partial charge in [-0.1, -0.05) is 11.8 Å². The molecule has 0 N–H and O–H groups in total. The van der Waals surface area contributed by atoms with Crippen LogP contribution in [-0.4, -0.2) is 22.3 Å². The highest BCUT2D eigenvalue weighted by molar-refractivity contribution is 6.18. The van der Waals surface area contributed by atoms with Crippen molar-refractivity contribution >= 4 is 11.6 Å². The van der Waals surface area contributed by atoms with Crippen molar-refractivity contribution in [2.45, 2.75) is 31.9 Å². The fourth-order valence-corrected chi connectivity index (χ4v) is 1.80. The Kier molecular flexibility index (Phi) is 4.26. The Labute approximate surface area is 101 Å². The Morgan fingerprint density at radius 1 is 1.56 bits per heavy atom. The standard InChI is InChI=1S/C12H15ClN2O/c13-7-3-1-5-11-9-14-15(10-11)12-6-2-4-8-16-12/h9-10,12H,2-4,6-8H2/t12-/m0/s1. The van der Waals surface area contributed by atoms with Crippen LogP contribution in [0.2, 0.25) is 0 Å². The second kappa shape index (κ2) is 5.93. The summed E-state index contributed by atoms with van der Waals surface area (Å²) in [6.07, 6.45) is 7.93. The van der Waals surface area contributed by atoms with E-state index in [9.17, 15) is 0 Å². The molecule has 1 fully saturated rings. The van der Waals surface area contributed by atoms with Crippen LogP contribution in [0, 0.1) is 11.8 Å². The number of hydrogen-bond donors (Lipinski definition) is 0. The summed E-state index contributed by atoms with van der Waals surface area (Å²) in [4.78, 5) is 0. The summed E-state index contributed by atoms with van der Waals surface area (Å²) in [6, 6.07) is 0. The van der Waals surface area contributed by atoms with E-state index >= 15 is 0 Å². The number of aromatic nitrogens is 2. The zero-order valence-corrected chi connectivity index (χ0v) is 9.91. The lowest BCUT2D eigenvalue weighted by molar-refractivity contribution is -0.0395. The van der Waals surface area contributed by atoms with Crippen molar-refractivity contribution in [2.75, 3.05) is 12.5 Å². The molecule has 1 aromatic rings. The molecule has 16 heavy (non-hydrogen) atoms. The van der Waals surface area contributed by atoms with Crippen LogP contribution in [0.15, 0.2) is 12.4 Å². The van der Waals surface area contributed by atoms with E-state index in [2.05, 4.69) is 16.9 Å². The molecule has 4 heteroatoms. The molecule has 86 valence electrons. The van der Waals surface area contributed by atoms with E-state index in [0.29, 0.717) is 12.3 Å². The Bertz CT molecular complexity index is 385. The summed E-state index contributed by atoms with van der Waals surface area (Å²) in [7, 11) is 0. The van der Waals surface area contributed by atoms with Crippen molar-refractivity contribution < 1.29 is 4.74 Å². The van der Waals surface area contributed by atoms with Crippen molar-refractivity contribution in [1.29, 1.82) is 0 Å². The van der Waals surface area contributed by atoms with Crippen LogP contribution in [0.3, 0.4) is 0 Å². The molecule has 0 unspecified atom stereocenters. The third-order valence-corrected chi connectivity index (χ3v) is 2.69. The second-order valence-electron chi connectivity index (χ2n) is 3.77. The first kappa shape index (κ1) is 11.5.